The zero-order valence-electron chi connectivity index (χ0n) is 21.5. The highest BCUT2D eigenvalue weighted by Gasteiger charge is 2.34. The number of ether oxygens (including phenoxy) is 1. The monoisotopic (exact) mass is 494 g/mol. The second-order valence-corrected chi connectivity index (χ2v) is 10.4. The summed E-state index contributed by atoms with van der Waals surface area (Å²) in [7, 11) is 3.38. The highest BCUT2D eigenvalue weighted by Crippen LogP contribution is 2.29. The third kappa shape index (κ3) is 23.9. The lowest BCUT2D eigenvalue weighted by molar-refractivity contribution is -0.873. The highest BCUT2D eigenvalue weighted by molar-refractivity contribution is 7.33. The molecule has 0 fully saturated rings. The molecule has 0 aromatic heterocycles. The highest BCUT2D eigenvalue weighted by atomic mass is 31.1. The van der Waals surface area contributed by atoms with E-state index in [2.05, 4.69) is 6.92 Å². The summed E-state index contributed by atoms with van der Waals surface area (Å²) in [6.07, 6.45) is 15.9. The molecule has 0 heterocycles. The third-order valence-corrected chi connectivity index (χ3v) is 5.87. The predicted molar refractivity (Wildman–Crippen MR) is 132 cm³/mol. The molecule has 0 aliphatic carbocycles. The van der Waals surface area contributed by atoms with E-state index in [9.17, 15) is 9.36 Å². The van der Waals surface area contributed by atoms with Crippen LogP contribution in [0.15, 0.2) is 12.3 Å². The molecule has 196 valence electrons. The van der Waals surface area contributed by atoms with Crippen LogP contribution in [0.2, 0.25) is 0 Å². The number of quaternary nitrogens is 1. The van der Waals surface area contributed by atoms with Crippen molar-refractivity contribution in [3.63, 3.8) is 0 Å². The van der Waals surface area contributed by atoms with Crippen molar-refractivity contribution < 1.29 is 38.2 Å². The summed E-state index contributed by atoms with van der Waals surface area (Å²) in [5.41, 5.74) is 0. The first-order valence-electron chi connectivity index (χ1n) is 12.2. The Bertz CT molecular complexity index is 523. The molecule has 3 atom stereocenters. The topological polar surface area (TPSA) is 112 Å². The fraction of sp³-hybridized carbons (Fsp3) is 0.875. The van der Waals surface area contributed by atoms with Gasteiger partial charge in [-0.15, -0.1) is 9.05 Å². The van der Waals surface area contributed by atoms with Crippen LogP contribution in [-0.4, -0.2) is 67.5 Å². The van der Waals surface area contributed by atoms with Crippen molar-refractivity contribution in [3.05, 3.63) is 12.3 Å². The van der Waals surface area contributed by atoms with E-state index in [0.717, 1.165) is 19.3 Å². The molecule has 0 aromatic carbocycles. The average molecular weight is 495 g/mol. The summed E-state index contributed by atoms with van der Waals surface area (Å²) in [5.74, 6) is -0.984. The Morgan fingerprint density at radius 2 is 1.52 bits per heavy atom. The number of likely N-dealkylation sites (N-methyl/N-ethyl adjacent to an activating group) is 1. The van der Waals surface area contributed by atoms with Gasteiger partial charge in [0.1, 0.15) is 19.3 Å². The first kappa shape index (κ1) is 34.1. The maximum Gasteiger partial charge on any atom is 0.698 e. The number of rotatable bonds is 22. The number of aliphatic carboxylic acids is 1. The van der Waals surface area contributed by atoms with Crippen molar-refractivity contribution in [2.45, 2.75) is 103 Å². The minimum atomic E-state index is -2.41. The van der Waals surface area contributed by atoms with Gasteiger partial charge in [-0.25, -0.2) is 0 Å². The molecule has 0 bridgehead atoms. The summed E-state index contributed by atoms with van der Waals surface area (Å²) in [5, 5.41) is 9.08. The lowest BCUT2D eigenvalue weighted by Crippen LogP contribution is -2.42. The largest absolute Gasteiger partial charge is 0.870 e. The summed E-state index contributed by atoms with van der Waals surface area (Å²) in [6.45, 7) is 4.70. The van der Waals surface area contributed by atoms with Gasteiger partial charge >= 0.3 is 14.2 Å². The zero-order chi connectivity index (χ0) is 24.2. The molecule has 0 rings (SSSR count). The second-order valence-electron chi connectivity index (χ2n) is 9.52. The zero-order valence-corrected chi connectivity index (χ0v) is 22.4. The number of unbranched alkanes of at least 4 members (excludes halogenated alkanes) is 9. The van der Waals surface area contributed by atoms with Crippen molar-refractivity contribution in [1.29, 1.82) is 0 Å². The molecule has 0 aromatic rings. The Balaban J connectivity index is 0. The van der Waals surface area contributed by atoms with Crippen molar-refractivity contribution in [2.24, 2.45) is 0 Å². The fourth-order valence-electron chi connectivity index (χ4n) is 3.48. The fourth-order valence-corrected chi connectivity index (χ4v) is 4.21. The minimum Gasteiger partial charge on any atom is -0.870 e. The van der Waals surface area contributed by atoms with Crippen LogP contribution in [0.25, 0.3) is 0 Å². The number of hydrogen-bond donors (Lipinski definition) is 1. The molecule has 33 heavy (non-hydrogen) atoms. The Morgan fingerprint density at radius 1 is 0.970 bits per heavy atom. The number of carbonyl (C=O) groups is 1. The maximum atomic E-state index is 12.3. The minimum absolute atomic E-state index is 0. The molecule has 0 aliphatic rings. The van der Waals surface area contributed by atoms with Gasteiger partial charge in [0.25, 0.3) is 0 Å². The van der Waals surface area contributed by atoms with E-state index in [1.54, 1.807) is 6.26 Å². The Hall–Kier alpha value is -1.05. The molecule has 3 unspecified atom stereocenters. The van der Waals surface area contributed by atoms with E-state index >= 15 is 0 Å². The van der Waals surface area contributed by atoms with Gasteiger partial charge in [0, 0.05) is 4.57 Å². The molecule has 8 nitrogen and oxygen atoms in total. The molecule has 0 spiro atoms. The molecule has 0 saturated carbocycles. The SMILES string of the molecule is CC=COC(CCCCCCCCCCCC)CO[P+](=O)OC(CC(=O)O)C[N+](C)(C)C.[OH-]. The molecule has 2 N–H and O–H groups in total. The van der Waals surface area contributed by atoms with Crippen LogP contribution in [0.3, 0.4) is 0 Å². The van der Waals surface area contributed by atoms with Crippen LogP contribution in [0.1, 0.15) is 90.9 Å². The maximum absolute atomic E-state index is 12.3. The average Bonchev–Trinajstić information content (AvgIpc) is 2.69. The van der Waals surface area contributed by atoms with E-state index in [1.165, 1.54) is 51.4 Å². The van der Waals surface area contributed by atoms with Gasteiger partial charge < -0.3 is 19.8 Å². The standard InChI is InChI=1S/C24H47NO6P.H2O/c1-6-8-9-10-11-12-13-14-15-16-17-22(29-18-7-2)21-30-32(28)31-23(19-24(26)27)20-25(3,4)5;/h7,18,22-23H,6,8-17,19-21H2,1-5H3;1H2/q+1;. The van der Waals surface area contributed by atoms with Gasteiger partial charge in [-0.05, 0) is 19.8 Å². The lowest BCUT2D eigenvalue weighted by atomic mass is 10.0. The van der Waals surface area contributed by atoms with E-state index in [0.29, 0.717) is 11.0 Å². The van der Waals surface area contributed by atoms with Gasteiger partial charge in [0.15, 0.2) is 6.10 Å². The summed E-state index contributed by atoms with van der Waals surface area (Å²) in [6, 6.07) is 0. The number of carboxylic acid groups (broad SMARTS) is 1. The summed E-state index contributed by atoms with van der Waals surface area (Å²) in [4.78, 5) is 11.1. The van der Waals surface area contributed by atoms with Crippen molar-refractivity contribution in [3.8, 4) is 0 Å². The van der Waals surface area contributed by atoms with Crippen LogP contribution in [0.4, 0.5) is 0 Å². The van der Waals surface area contributed by atoms with E-state index in [1.807, 2.05) is 34.1 Å². The normalized spacial score (nSPS) is 14.0. The number of carboxylic acids is 1. The molecule has 0 aliphatic heterocycles. The number of allylic oxidation sites excluding steroid dienone is 1. The second kappa shape index (κ2) is 21.5. The van der Waals surface area contributed by atoms with E-state index in [4.69, 9.17) is 18.9 Å². The van der Waals surface area contributed by atoms with Crippen LogP contribution in [0.5, 0.6) is 0 Å². The van der Waals surface area contributed by atoms with Gasteiger partial charge in [0.2, 0.25) is 0 Å². The molecule has 9 heteroatoms. The first-order valence-corrected chi connectivity index (χ1v) is 13.3. The predicted octanol–water partition coefficient (Wildman–Crippen LogP) is 6.28. The first-order chi connectivity index (χ1) is 15.2. The number of nitrogens with zero attached hydrogens (tertiary/aromatic N) is 1. The van der Waals surface area contributed by atoms with Crippen LogP contribution >= 0.6 is 8.25 Å². The molecule has 0 radical (unpaired) electrons. The summed E-state index contributed by atoms with van der Waals surface area (Å²) < 4.78 is 29.3. The van der Waals surface area contributed by atoms with Crippen molar-refractivity contribution in [2.75, 3.05) is 34.3 Å². The van der Waals surface area contributed by atoms with Gasteiger partial charge in [-0.2, -0.15) is 0 Å². The Morgan fingerprint density at radius 3 is 2.00 bits per heavy atom. The quantitative estimate of drug-likeness (QED) is 0.0815. The smallest absolute Gasteiger partial charge is 0.698 e. The summed E-state index contributed by atoms with van der Waals surface area (Å²) >= 11 is 0. The van der Waals surface area contributed by atoms with Crippen LogP contribution < -0.4 is 0 Å². The van der Waals surface area contributed by atoms with Crippen molar-refractivity contribution in [1.82, 2.24) is 0 Å². The molecular formula is C24H49NO7P+. The number of hydrogen-bond acceptors (Lipinski definition) is 6. The lowest BCUT2D eigenvalue weighted by Gasteiger charge is -2.25. The Labute approximate surface area is 202 Å². The molecule has 0 saturated heterocycles. The van der Waals surface area contributed by atoms with Gasteiger partial charge in [-0.1, -0.05) is 70.8 Å². The van der Waals surface area contributed by atoms with Crippen LogP contribution in [-0.2, 0) is 23.1 Å². The van der Waals surface area contributed by atoms with E-state index in [-0.39, 0.29) is 24.6 Å². The third-order valence-electron chi connectivity index (χ3n) is 5.04. The van der Waals surface area contributed by atoms with Crippen LogP contribution in [0, 0.1) is 0 Å². The Kier molecular flexibility index (Phi) is 22.2. The molecular weight excluding hydrogens is 445 g/mol. The van der Waals surface area contributed by atoms with E-state index < -0.39 is 20.3 Å². The van der Waals surface area contributed by atoms with Crippen molar-refractivity contribution >= 4 is 14.2 Å². The molecule has 0 amide bonds. The van der Waals surface area contributed by atoms with Gasteiger partial charge in [-0.3, -0.25) is 4.79 Å². The van der Waals surface area contributed by atoms with Gasteiger partial charge in [0.05, 0.1) is 33.8 Å².